The van der Waals surface area contributed by atoms with E-state index in [-0.39, 0.29) is 18.2 Å². The maximum absolute atomic E-state index is 11.8. The molecule has 2 saturated heterocycles. The number of fused-ring (bicyclic) bond motifs is 1. The lowest BCUT2D eigenvalue weighted by molar-refractivity contribution is -0.166. The molecule has 3 rings (SSSR count). The van der Waals surface area contributed by atoms with Gasteiger partial charge in [0.2, 0.25) is 11.8 Å². The number of rotatable bonds is 2. The van der Waals surface area contributed by atoms with Crippen LogP contribution in [0.25, 0.3) is 0 Å². The zero-order valence-corrected chi connectivity index (χ0v) is 8.80. The van der Waals surface area contributed by atoms with Crippen molar-refractivity contribution in [2.24, 2.45) is 5.92 Å². The van der Waals surface area contributed by atoms with Crippen molar-refractivity contribution in [1.29, 1.82) is 0 Å². The topological polar surface area (TPSA) is 84.5 Å². The van der Waals surface area contributed by atoms with Gasteiger partial charge in [0, 0.05) is 0 Å². The number of ether oxygens (including phenoxy) is 1. The molecule has 6 heteroatoms. The molecule has 0 radical (unpaired) electrons. The predicted molar refractivity (Wildman–Crippen MR) is 55.3 cm³/mol. The average molecular weight is 234 g/mol. The van der Waals surface area contributed by atoms with Gasteiger partial charge in [-0.15, -0.1) is 0 Å². The van der Waals surface area contributed by atoms with Gasteiger partial charge in [0.25, 0.3) is 5.91 Å². The minimum absolute atomic E-state index is 0.122. The van der Waals surface area contributed by atoms with E-state index in [2.05, 4.69) is 10.6 Å². The average Bonchev–Trinajstić information content (AvgIpc) is 2.50. The molecule has 0 aromatic carbocycles. The molecule has 2 aliphatic heterocycles. The molecule has 88 valence electrons. The number of amides is 3. The molecule has 3 amide bonds. The summed E-state index contributed by atoms with van der Waals surface area (Å²) in [5, 5.41) is 4.77. The van der Waals surface area contributed by atoms with Crippen LogP contribution in [0.5, 0.6) is 0 Å². The fourth-order valence-electron chi connectivity index (χ4n) is 2.21. The van der Waals surface area contributed by atoms with Gasteiger partial charge in [0.15, 0.2) is 5.60 Å². The summed E-state index contributed by atoms with van der Waals surface area (Å²) in [6, 6.07) is 0. The summed E-state index contributed by atoms with van der Waals surface area (Å²) in [5.41, 5.74) is -1.30. The van der Waals surface area contributed by atoms with E-state index in [1.807, 2.05) is 0 Å². The highest BCUT2D eigenvalue weighted by Crippen LogP contribution is 2.35. The van der Waals surface area contributed by atoms with Gasteiger partial charge in [-0.2, -0.15) is 0 Å². The molecule has 1 aliphatic carbocycles. The summed E-state index contributed by atoms with van der Waals surface area (Å²) in [5.74, 6) is -1.63. The monoisotopic (exact) mass is 234 g/mol. The lowest BCUT2D eigenvalue weighted by Crippen LogP contribution is -2.57. The number of nitrogens with one attached hydrogen (secondary N) is 2. The predicted octanol–water partition coefficient (Wildman–Crippen LogP) is -1.01. The fraction of sp³-hybridized carbons (Fsp3) is 0.364. The van der Waals surface area contributed by atoms with Gasteiger partial charge in [-0.1, -0.05) is 18.2 Å². The van der Waals surface area contributed by atoms with Crippen molar-refractivity contribution >= 4 is 17.7 Å². The molecule has 6 nitrogen and oxygen atoms in total. The largest absolute Gasteiger partial charge is 0.336 e. The van der Waals surface area contributed by atoms with Gasteiger partial charge in [-0.3, -0.25) is 19.7 Å². The van der Waals surface area contributed by atoms with E-state index in [9.17, 15) is 14.4 Å². The smallest absolute Gasteiger partial charge is 0.264 e. The van der Waals surface area contributed by atoms with Gasteiger partial charge in [-0.25, -0.2) is 0 Å². The second-order valence-corrected chi connectivity index (χ2v) is 4.21. The van der Waals surface area contributed by atoms with Crippen molar-refractivity contribution in [1.82, 2.24) is 10.6 Å². The first-order valence-corrected chi connectivity index (χ1v) is 5.30. The molecule has 3 unspecified atom stereocenters. The van der Waals surface area contributed by atoms with E-state index in [0.29, 0.717) is 0 Å². The molecule has 3 atom stereocenters. The highest BCUT2D eigenvalue weighted by atomic mass is 16.5. The molecule has 2 heterocycles. The number of β-lactam (4-membered cyclic amide) rings is 1. The van der Waals surface area contributed by atoms with Crippen molar-refractivity contribution in [3.8, 4) is 0 Å². The Bertz CT molecular complexity index is 474. The Morgan fingerprint density at radius 3 is 2.76 bits per heavy atom. The van der Waals surface area contributed by atoms with Crippen LogP contribution in [-0.2, 0) is 19.1 Å². The number of imide groups is 1. The van der Waals surface area contributed by atoms with E-state index in [1.165, 1.54) is 0 Å². The molecular weight excluding hydrogens is 224 g/mol. The minimum Gasteiger partial charge on any atom is -0.336 e. The van der Waals surface area contributed by atoms with Crippen LogP contribution in [0, 0.1) is 5.92 Å². The first-order valence-electron chi connectivity index (χ1n) is 5.30. The number of hydrogen-bond acceptors (Lipinski definition) is 4. The van der Waals surface area contributed by atoms with E-state index in [4.69, 9.17) is 4.74 Å². The molecule has 0 aromatic heterocycles. The van der Waals surface area contributed by atoms with Crippen LogP contribution in [0.3, 0.4) is 0 Å². The molecule has 3 aliphatic rings. The quantitative estimate of drug-likeness (QED) is 0.473. The standard InChI is InChI=1S/C11H10N2O4/c14-7-5-8(12-7)17-11-4-2-1-3-6(11)9(15)13-10(11)16/h1-4,6,8H,5H2,(H,12,14)(H,13,15,16). The van der Waals surface area contributed by atoms with Crippen molar-refractivity contribution in [2.45, 2.75) is 18.2 Å². The second-order valence-electron chi connectivity index (χ2n) is 4.21. The maximum Gasteiger partial charge on any atom is 0.264 e. The molecule has 2 N–H and O–H groups in total. The van der Waals surface area contributed by atoms with Crippen LogP contribution in [0.4, 0.5) is 0 Å². The van der Waals surface area contributed by atoms with Crippen molar-refractivity contribution in [2.75, 3.05) is 0 Å². The summed E-state index contributed by atoms with van der Waals surface area (Å²) >= 11 is 0. The van der Waals surface area contributed by atoms with Crippen LogP contribution >= 0.6 is 0 Å². The number of hydrogen-bond donors (Lipinski definition) is 2. The molecular formula is C11H10N2O4. The third kappa shape index (κ3) is 1.34. The highest BCUT2D eigenvalue weighted by Gasteiger charge is 2.56. The minimum atomic E-state index is -1.30. The third-order valence-electron chi connectivity index (χ3n) is 3.12. The highest BCUT2D eigenvalue weighted by molar-refractivity contribution is 6.11. The summed E-state index contributed by atoms with van der Waals surface area (Å²) in [7, 11) is 0. The van der Waals surface area contributed by atoms with E-state index in [1.54, 1.807) is 24.3 Å². The normalized spacial score (nSPS) is 38.5. The molecule has 0 saturated carbocycles. The third-order valence-corrected chi connectivity index (χ3v) is 3.12. The van der Waals surface area contributed by atoms with Crippen molar-refractivity contribution < 1.29 is 19.1 Å². The molecule has 0 bridgehead atoms. The van der Waals surface area contributed by atoms with Crippen LogP contribution in [0.2, 0.25) is 0 Å². The Balaban J connectivity index is 1.89. The summed E-state index contributed by atoms with van der Waals surface area (Å²) < 4.78 is 5.59. The summed E-state index contributed by atoms with van der Waals surface area (Å²) in [6.45, 7) is 0. The van der Waals surface area contributed by atoms with Crippen molar-refractivity contribution in [3.63, 3.8) is 0 Å². The van der Waals surface area contributed by atoms with E-state index in [0.717, 1.165) is 0 Å². The van der Waals surface area contributed by atoms with Crippen LogP contribution in [0.1, 0.15) is 6.42 Å². The maximum atomic E-state index is 11.8. The lowest BCUT2D eigenvalue weighted by atomic mass is 9.85. The zero-order valence-electron chi connectivity index (χ0n) is 8.80. The first kappa shape index (κ1) is 10.2. The fourth-order valence-corrected chi connectivity index (χ4v) is 2.21. The summed E-state index contributed by atoms with van der Waals surface area (Å²) in [4.78, 5) is 34.2. The Hall–Kier alpha value is -1.95. The van der Waals surface area contributed by atoms with Crippen LogP contribution in [0.15, 0.2) is 24.3 Å². The van der Waals surface area contributed by atoms with E-state index >= 15 is 0 Å². The Labute approximate surface area is 96.7 Å². The summed E-state index contributed by atoms with van der Waals surface area (Å²) in [6.07, 6.45) is 6.26. The number of carbonyl (C=O) groups excluding carboxylic acids is 3. The molecule has 0 spiro atoms. The zero-order chi connectivity index (χ0) is 12.0. The van der Waals surface area contributed by atoms with Gasteiger partial charge in [0.1, 0.15) is 6.23 Å². The molecule has 0 aromatic rings. The van der Waals surface area contributed by atoms with Crippen LogP contribution < -0.4 is 10.6 Å². The SMILES string of the molecule is O=C1CC(OC23C=CC=CC2C(=O)NC3=O)N1. The Morgan fingerprint density at radius 2 is 2.06 bits per heavy atom. The van der Waals surface area contributed by atoms with Crippen molar-refractivity contribution in [3.05, 3.63) is 24.3 Å². The lowest BCUT2D eigenvalue weighted by Gasteiger charge is -2.36. The molecule has 17 heavy (non-hydrogen) atoms. The Kier molecular flexibility index (Phi) is 1.97. The Morgan fingerprint density at radius 1 is 1.29 bits per heavy atom. The van der Waals surface area contributed by atoms with Gasteiger partial charge >= 0.3 is 0 Å². The van der Waals surface area contributed by atoms with Gasteiger partial charge in [-0.05, 0) is 6.08 Å². The number of carbonyl (C=O) groups is 3. The second kappa shape index (κ2) is 3.27. The van der Waals surface area contributed by atoms with Gasteiger partial charge in [0.05, 0.1) is 12.3 Å². The molecule has 2 fully saturated rings. The van der Waals surface area contributed by atoms with E-state index < -0.39 is 23.7 Å². The number of allylic oxidation sites excluding steroid dienone is 2. The van der Waals surface area contributed by atoms with Gasteiger partial charge < -0.3 is 10.1 Å². The first-order chi connectivity index (χ1) is 8.12. The van der Waals surface area contributed by atoms with Crippen LogP contribution in [-0.4, -0.2) is 29.6 Å².